The molecule has 28 heteroatoms. The van der Waals surface area contributed by atoms with E-state index in [0.717, 1.165) is 16.6 Å². The number of para-hydroxylation sites is 4. The van der Waals surface area contributed by atoms with Crippen molar-refractivity contribution < 1.29 is 74.1 Å². The Hall–Kier alpha value is -8.14. The molecule has 4 aliphatic carbocycles. The van der Waals surface area contributed by atoms with Crippen molar-refractivity contribution in [3.8, 4) is 12.0 Å². The van der Waals surface area contributed by atoms with E-state index >= 15 is 0 Å². The van der Waals surface area contributed by atoms with Gasteiger partial charge < -0.3 is 39.4 Å². The van der Waals surface area contributed by atoms with Gasteiger partial charge in [0, 0.05) is 38.8 Å². The van der Waals surface area contributed by atoms with Gasteiger partial charge in [0.05, 0.1) is 67.6 Å². The van der Waals surface area contributed by atoms with Crippen LogP contribution in [0.2, 0.25) is 0 Å². The minimum Gasteiger partial charge on any atom is -0.459 e. The first kappa shape index (κ1) is 82.4. The molecule has 108 heavy (non-hydrogen) atoms. The minimum absolute atomic E-state index is 0.00707. The molecule has 10 atom stereocenters. The Balaban J connectivity index is 0.000000231. The summed E-state index contributed by atoms with van der Waals surface area (Å²) in [7, 11) is -7.99. The maximum absolute atomic E-state index is 14.6. The lowest BCUT2D eigenvalue weighted by molar-refractivity contribution is -0.142. The summed E-state index contributed by atoms with van der Waals surface area (Å²) in [6.45, 7) is 33.6. The molecule has 0 radical (unpaired) electrons. The molecule has 4 saturated carbocycles. The zero-order valence-electron chi connectivity index (χ0n) is 65.5. The summed E-state index contributed by atoms with van der Waals surface area (Å²) < 4.78 is 85.4. The highest BCUT2D eigenvalue weighted by Gasteiger charge is 2.65. The van der Waals surface area contributed by atoms with E-state index in [2.05, 4.69) is 33.2 Å². The van der Waals surface area contributed by atoms with Crippen LogP contribution in [-0.4, -0.2) is 163 Å². The van der Waals surface area contributed by atoms with E-state index in [4.69, 9.17) is 28.9 Å². The van der Waals surface area contributed by atoms with Gasteiger partial charge in [0.15, 0.2) is 11.6 Å². The molecule has 26 nitrogen and oxygen atoms in total. The van der Waals surface area contributed by atoms with Crippen LogP contribution in [0.3, 0.4) is 0 Å². The van der Waals surface area contributed by atoms with Gasteiger partial charge in [0.2, 0.25) is 43.7 Å². The van der Waals surface area contributed by atoms with Crippen LogP contribution in [0, 0.1) is 33.5 Å². The number of imidazole rings is 2. The maximum atomic E-state index is 14.6. The number of Topliss-reactive ketones (excluding diaryl/α,β-unsaturated/α-hetero) is 2. The average Bonchev–Trinajstić information content (AvgIpc) is 1.57. The second-order valence-corrected chi connectivity index (χ2v) is 39.3. The van der Waals surface area contributed by atoms with Crippen molar-refractivity contribution >= 4 is 89.5 Å². The number of ketones is 2. The molecule has 5 heterocycles. The molecule has 11 rings (SSSR count). The maximum Gasteiger partial charge on any atom is 0.408 e. The third-order valence-electron chi connectivity index (χ3n) is 22.5. The van der Waals surface area contributed by atoms with E-state index < -0.39 is 135 Å². The number of sulfonamides is 2. The molecule has 2 spiro atoms. The summed E-state index contributed by atoms with van der Waals surface area (Å²) in [6, 6.07) is 11.7. The molecule has 2 aromatic heterocycles. The monoisotopic (exact) mass is 1530 g/mol. The standard InChI is InChI=1S/C41H59N5O8S.C39H55N5O8S/c1-10-13-16-19-40(20-21-40)55(51,52)44-35(49)41(24-27(41)12-3)25-32(47)31-23-28(53-36-42-29-17-14-15-18-30(29)45(36)22-11-2)26-46(31)34(48)33(38(4,5)6)43-37(50)54-39(7,8)9;1-8-25-22-39(25)23-30(45)29-21-26(24-44(29)32(46)31(36(2,3)4)41-35(48)52-37(5,6)7)51-34-40-27-15-11-12-16-28(27)43(34)20-14-10-9-13-17-38(18-19-38)53(49,50)42-33(39)47/h10-11,14-15,17-18,27-28,31,33H,1-2,12-13,16,19-26H2,3-9H3,(H,43,50)(H,44,49);10-12,14-16,25-26,29,31H,8-9,13,17-24H2,1-7H3,(H,41,48)(H,42,47)/b;14-10-/t27-,28-,31+,33-,41-;25-,26-,29+,31-,39-/m11/s1. The van der Waals surface area contributed by atoms with Crippen molar-refractivity contribution in [1.29, 1.82) is 0 Å². The first-order valence-corrected chi connectivity index (χ1v) is 41.4. The number of nitrogens with one attached hydrogen (secondary N) is 4. The third kappa shape index (κ3) is 18.2. The number of benzene rings is 2. The molecule has 4 N–H and O–H groups in total. The highest BCUT2D eigenvalue weighted by molar-refractivity contribution is 7.92. The number of aromatic nitrogens is 4. The number of unbranched alkanes of at least 4 members (excludes halogenated alkanes) is 1. The predicted octanol–water partition coefficient (Wildman–Crippen LogP) is 11.6. The molecule has 6 fully saturated rings. The van der Waals surface area contributed by atoms with Crippen LogP contribution in [0.15, 0.2) is 86.0 Å². The first-order chi connectivity index (χ1) is 50.5. The number of ether oxygens (including phenoxy) is 4. The fourth-order valence-corrected chi connectivity index (χ4v) is 19.3. The number of carbonyl (C=O) groups is 8. The van der Waals surface area contributed by atoms with Crippen molar-refractivity contribution in [3.63, 3.8) is 0 Å². The molecule has 6 amide bonds. The number of rotatable bonds is 20. The average molecular weight is 1540 g/mol. The van der Waals surface area contributed by atoms with Crippen LogP contribution >= 0.6 is 0 Å². The second kappa shape index (κ2) is 31.3. The van der Waals surface area contributed by atoms with Gasteiger partial charge >= 0.3 is 12.2 Å². The minimum atomic E-state index is -4.00. The highest BCUT2D eigenvalue weighted by Crippen LogP contribution is 2.60. The van der Waals surface area contributed by atoms with Crippen molar-refractivity contribution in [2.45, 2.75) is 283 Å². The van der Waals surface area contributed by atoms with Gasteiger partial charge in [0.25, 0.3) is 12.0 Å². The fourth-order valence-electron chi connectivity index (χ4n) is 15.9. The molecule has 2 bridgehead atoms. The predicted molar refractivity (Wildman–Crippen MR) is 410 cm³/mol. The number of alkyl carbamates (subject to hydrolysis) is 2. The number of fused-ring (bicyclic) bond motifs is 6. The summed E-state index contributed by atoms with van der Waals surface area (Å²) in [5.41, 5.74) is -2.46. The van der Waals surface area contributed by atoms with Crippen LogP contribution in [-0.2, 0) is 71.4 Å². The van der Waals surface area contributed by atoms with Gasteiger partial charge in [-0.15, -0.1) is 13.2 Å². The number of allylic oxidation sites excluding steroid dienone is 4. The second-order valence-electron chi connectivity index (χ2n) is 35.1. The number of likely N-dealkylation sites (tertiary alicyclic amines) is 2. The Kier molecular flexibility index (Phi) is 23.9. The van der Waals surface area contributed by atoms with Gasteiger partial charge in [-0.05, 0) is 166 Å². The van der Waals surface area contributed by atoms with Crippen molar-refractivity contribution in [2.24, 2.45) is 33.5 Å². The molecule has 4 aromatic rings. The summed E-state index contributed by atoms with van der Waals surface area (Å²) in [6.07, 6.45) is 11.8. The molecule has 592 valence electrons. The van der Waals surface area contributed by atoms with E-state index in [9.17, 15) is 55.2 Å². The van der Waals surface area contributed by atoms with Gasteiger partial charge in [-0.3, -0.25) is 47.3 Å². The number of nitrogens with zero attached hydrogens (tertiary/aromatic N) is 6. The quantitative estimate of drug-likeness (QED) is 0.0472. The lowest BCUT2D eigenvalue weighted by Gasteiger charge is -2.36. The Labute approximate surface area is 636 Å². The van der Waals surface area contributed by atoms with Gasteiger partial charge in [0.1, 0.15) is 35.5 Å². The summed E-state index contributed by atoms with van der Waals surface area (Å²) in [4.78, 5) is 125. The summed E-state index contributed by atoms with van der Waals surface area (Å²) >= 11 is 0. The topological polar surface area (TPSA) is 332 Å². The first-order valence-electron chi connectivity index (χ1n) is 38.4. The molecule has 2 aromatic carbocycles. The van der Waals surface area contributed by atoms with Crippen molar-refractivity contribution in [1.82, 2.24) is 49.0 Å². The molecule has 3 aliphatic heterocycles. The number of amides is 6. The Morgan fingerprint density at radius 1 is 0.741 bits per heavy atom. The Bertz CT molecular complexity index is 4370. The van der Waals surface area contributed by atoms with E-state index in [-0.39, 0.29) is 62.2 Å². The van der Waals surface area contributed by atoms with Crippen LogP contribution in [0.4, 0.5) is 9.59 Å². The van der Waals surface area contributed by atoms with Gasteiger partial charge in [-0.1, -0.05) is 117 Å². The van der Waals surface area contributed by atoms with Gasteiger partial charge in [-0.25, -0.2) is 26.4 Å². The third-order valence-corrected chi connectivity index (χ3v) is 26.9. The molecule has 7 aliphatic rings. The number of hydrogen-bond donors (Lipinski definition) is 4. The Morgan fingerprint density at radius 2 is 1.33 bits per heavy atom. The fraction of sp³-hybridized carbons (Fsp3) is 0.650. The lowest BCUT2D eigenvalue weighted by Crippen LogP contribution is -2.57. The summed E-state index contributed by atoms with van der Waals surface area (Å²) in [5.74, 6) is -3.39. The molecular weight excluding hydrogens is 1420 g/mol. The molecule has 0 unspecified atom stereocenters. The number of carbonyl (C=O) groups excluding carboxylic acids is 8. The summed E-state index contributed by atoms with van der Waals surface area (Å²) in [5, 5.41) is 5.51. The van der Waals surface area contributed by atoms with Crippen LogP contribution < -0.4 is 29.6 Å². The van der Waals surface area contributed by atoms with E-state index in [1.807, 2.05) is 125 Å². The van der Waals surface area contributed by atoms with Crippen LogP contribution in [0.1, 0.15) is 213 Å². The zero-order valence-corrected chi connectivity index (χ0v) is 67.2. The van der Waals surface area contributed by atoms with Crippen LogP contribution in [0.25, 0.3) is 22.1 Å². The van der Waals surface area contributed by atoms with Crippen molar-refractivity contribution in [2.75, 3.05) is 13.1 Å². The SMILES string of the molecule is C=CCCCC1(S(=O)(=O)NC(=O)[C@@]2(CC(=O)[C@@H]3C[C@@H](Oc4nc5ccccc5n4CC=C)CN3C(=O)[C@@H](NC(=O)OC(C)(C)C)C(C)(C)C)C[C@H]2CC)CC1.CC[C@@H]1C[C@@]12CC(=O)[C@@H]1C[C@H](CN1C(=O)[C@@H](NC(=O)OC(C)(C)C)C(C)(C)C)Oc1nc3ccccc3n1C/C=C\CCCC1(CC1)S(=O)(=O)NC2=O. The Morgan fingerprint density at radius 3 is 1.88 bits per heavy atom. The zero-order chi connectivity index (χ0) is 79.1. The van der Waals surface area contributed by atoms with E-state index in [1.165, 1.54) is 9.80 Å². The largest absolute Gasteiger partial charge is 0.459 e. The van der Waals surface area contributed by atoms with E-state index in [0.29, 0.717) is 121 Å². The molecular formula is C80H114N10O16S2. The number of hydrogen-bond acceptors (Lipinski definition) is 18. The van der Waals surface area contributed by atoms with Gasteiger partial charge in [-0.2, -0.15) is 9.97 Å². The van der Waals surface area contributed by atoms with Crippen molar-refractivity contribution in [3.05, 3.63) is 86.0 Å². The molecule has 2 saturated heterocycles. The lowest BCUT2D eigenvalue weighted by atomic mass is 9.85. The highest BCUT2D eigenvalue weighted by atomic mass is 32.2. The van der Waals surface area contributed by atoms with Crippen LogP contribution in [0.5, 0.6) is 12.0 Å². The van der Waals surface area contributed by atoms with E-state index in [1.54, 1.807) is 53.7 Å². The smallest absolute Gasteiger partial charge is 0.408 e. The normalized spacial score (nSPS) is 26.1.